The molecule has 0 saturated heterocycles. The minimum Gasteiger partial charge on any atom is -0.352 e. The average Bonchev–Trinajstić information content (AvgIpc) is 3.09. The molecule has 0 saturated carbocycles. The van der Waals surface area contributed by atoms with E-state index in [1.165, 1.54) is 28.8 Å². The van der Waals surface area contributed by atoms with Gasteiger partial charge in [-0.1, -0.05) is 30.3 Å². The zero-order chi connectivity index (χ0) is 18.4. The lowest BCUT2D eigenvalue weighted by molar-refractivity contribution is 0.0950. The van der Waals surface area contributed by atoms with Gasteiger partial charge < -0.3 is 5.32 Å². The second-order valence-electron chi connectivity index (χ2n) is 7.42. The van der Waals surface area contributed by atoms with Crippen LogP contribution in [0.15, 0.2) is 35.7 Å². The number of rotatable bonds is 8. The first-order valence-corrected chi connectivity index (χ1v) is 10.7. The van der Waals surface area contributed by atoms with Crippen molar-refractivity contribution in [2.75, 3.05) is 13.1 Å². The van der Waals surface area contributed by atoms with Crippen molar-refractivity contribution in [2.45, 2.75) is 58.5 Å². The van der Waals surface area contributed by atoms with E-state index < -0.39 is 0 Å². The van der Waals surface area contributed by atoms with Gasteiger partial charge >= 0.3 is 0 Å². The van der Waals surface area contributed by atoms with Gasteiger partial charge in [-0.3, -0.25) is 9.69 Å². The van der Waals surface area contributed by atoms with Crippen molar-refractivity contribution >= 4 is 17.2 Å². The number of thiophene rings is 1. The molecule has 1 aliphatic carbocycles. The minimum atomic E-state index is 0.114. The van der Waals surface area contributed by atoms with E-state index in [2.05, 4.69) is 59.8 Å². The molecule has 0 radical (unpaired) electrons. The van der Waals surface area contributed by atoms with E-state index in [0.29, 0.717) is 6.04 Å². The highest BCUT2D eigenvalue weighted by Gasteiger charge is 2.19. The van der Waals surface area contributed by atoms with Crippen LogP contribution in [-0.2, 0) is 19.4 Å². The van der Waals surface area contributed by atoms with Gasteiger partial charge in [0.1, 0.15) is 0 Å². The first kappa shape index (κ1) is 19.1. The Morgan fingerprint density at radius 3 is 2.73 bits per heavy atom. The fourth-order valence-corrected chi connectivity index (χ4v) is 4.73. The SMILES string of the molecule is CC(C)N(CCCNC(=O)c1csc2c1CCCC2)Cc1ccccc1. The number of nitrogens with one attached hydrogen (secondary N) is 1. The molecular formula is C22H30N2OS. The molecule has 0 aliphatic heterocycles. The Hall–Kier alpha value is -1.65. The third-order valence-electron chi connectivity index (χ3n) is 5.17. The van der Waals surface area contributed by atoms with Gasteiger partial charge in [0.2, 0.25) is 0 Å². The maximum atomic E-state index is 12.5. The Morgan fingerprint density at radius 2 is 1.96 bits per heavy atom. The highest BCUT2D eigenvalue weighted by molar-refractivity contribution is 7.10. The van der Waals surface area contributed by atoms with E-state index in [1.54, 1.807) is 11.3 Å². The maximum Gasteiger partial charge on any atom is 0.252 e. The third-order valence-corrected chi connectivity index (χ3v) is 6.26. The van der Waals surface area contributed by atoms with E-state index in [9.17, 15) is 4.79 Å². The van der Waals surface area contributed by atoms with Crippen molar-refractivity contribution in [3.05, 3.63) is 57.3 Å². The monoisotopic (exact) mass is 370 g/mol. The van der Waals surface area contributed by atoms with Crippen molar-refractivity contribution in [1.29, 1.82) is 0 Å². The fraction of sp³-hybridized carbons (Fsp3) is 0.500. The van der Waals surface area contributed by atoms with E-state index in [1.807, 2.05) is 0 Å². The second kappa shape index (κ2) is 9.33. The van der Waals surface area contributed by atoms with Gasteiger partial charge in [0, 0.05) is 35.9 Å². The smallest absolute Gasteiger partial charge is 0.252 e. The molecule has 0 atom stereocenters. The molecule has 26 heavy (non-hydrogen) atoms. The third kappa shape index (κ3) is 4.95. The molecule has 0 spiro atoms. The number of fused-ring (bicyclic) bond motifs is 1. The predicted octanol–water partition coefficient (Wildman–Crippen LogP) is 4.66. The van der Waals surface area contributed by atoms with Crippen molar-refractivity contribution in [1.82, 2.24) is 10.2 Å². The molecule has 0 fully saturated rings. The van der Waals surface area contributed by atoms with Gasteiger partial charge in [0.25, 0.3) is 5.91 Å². The first-order chi connectivity index (χ1) is 12.6. The van der Waals surface area contributed by atoms with E-state index in [4.69, 9.17) is 0 Å². The molecule has 1 N–H and O–H groups in total. The summed E-state index contributed by atoms with van der Waals surface area (Å²) in [5.74, 6) is 0.114. The molecular weight excluding hydrogens is 340 g/mol. The van der Waals surface area contributed by atoms with Crippen molar-refractivity contribution < 1.29 is 4.79 Å². The number of amides is 1. The average molecular weight is 371 g/mol. The molecule has 3 rings (SSSR count). The summed E-state index contributed by atoms with van der Waals surface area (Å²) in [7, 11) is 0. The summed E-state index contributed by atoms with van der Waals surface area (Å²) in [6, 6.07) is 11.1. The van der Waals surface area contributed by atoms with Gasteiger partial charge in [-0.25, -0.2) is 0 Å². The van der Waals surface area contributed by atoms with Crippen LogP contribution in [0.2, 0.25) is 0 Å². The van der Waals surface area contributed by atoms with Crippen LogP contribution in [0.1, 0.15) is 59.5 Å². The standard InChI is InChI=1S/C22H30N2OS/c1-17(2)24(15-18-9-4-3-5-10-18)14-8-13-23-22(25)20-16-26-21-12-7-6-11-19(20)21/h3-5,9-10,16-17H,6-8,11-15H2,1-2H3,(H,23,25). The molecule has 1 amide bonds. The molecule has 1 aromatic carbocycles. The lowest BCUT2D eigenvalue weighted by atomic mass is 9.95. The van der Waals surface area contributed by atoms with Crippen LogP contribution in [0.4, 0.5) is 0 Å². The zero-order valence-electron chi connectivity index (χ0n) is 16.0. The number of carbonyl (C=O) groups is 1. The van der Waals surface area contributed by atoms with Gasteiger partial charge in [-0.2, -0.15) is 0 Å². The summed E-state index contributed by atoms with van der Waals surface area (Å²) in [6.07, 6.45) is 5.67. The summed E-state index contributed by atoms with van der Waals surface area (Å²) in [5.41, 5.74) is 3.58. The number of hydrogen-bond acceptors (Lipinski definition) is 3. The van der Waals surface area contributed by atoms with Crippen LogP contribution in [0.25, 0.3) is 0 Å². The number of nitrogens with zero attached hydrogens (tertiary/aromatic N) is 1. The van der Waals surface area contributed by atoms with Crippen molar-refractivity contribution in [3.8, 4) is 0 Å². The Morgan fingerprint density at radius 1 is 1.19 bits per heavy atom. The number of benzene rings is 1. The number of aryl methyl sites for hydroxylation is 1. The highest BCUT2D eigenvalue weighted by atomic mass is 32.1. The predicted molar refractivity (Wildman–Crippen MR) is 110 cm³/mol. The molecule has 0 bridgehead atoms. The Labute approximate surface area is 161 Å². The maximum absolute atomic E-state index is 12.5. The molecule has 1 aromatic heterocycles. The lowest BCUT2D eigenvalue weighted by Crippen LogP contribution is -2.34. The number of carbonyl (C=O) groups excluding carboxylic acids is 1. The lowest BCUT2D eigenvalue weighted by Gasteiger charge is -2.26. The van der Waals surface area contributed by atoms with Crippen LogP contribution in [0.3, 0.4) is 0 Å². The molecule has 4 heteroatoms. The topological polar surface area (TPSA) is 32.3 Å². The van der Waals surface area contributed by atoms with Gasteiger partial charge in [0.15, 0.2) is 0 Å². The summed E-state index contributed by atoms with van der Waals surface area (Å²) in [5, 5.41) is 5.19. The molecule has 1 heterocycles. The molecule has 0 unspecified atom stereocenters. The largest absolute Gasteiger partial charge is 0.352 e. The van der Waals surface area contributed by atoms with Crippen LogP contribution < -0.4 is 5.32 Å². The Balaban J connectivity index is 1.46. The van der Waals surface area contributed by atoms with E-state index in [0.717, 1.165) is 44.5 Å². The molecule has 2 aromatic rings. The summed E-state index contributed by atoms with van der Waals surface area (Å²) in [4.78, 5) is 16.4. The van der Waals surface area contributed by atoms with Crippen LogP contribution >= 0.6 is 11.3 Å². The zero-order valence-corrected chi connectivity index (χ0v) is 16.8. The van der Waals surface area contributed by atoms with Crippen molar-refractivity contribution in [2.24, 2.45) is 0 Å². The van der Waals surface area contributed by atoms with Crippen LogP contribution in [0, 0.1) is 0 Å². The van der Waals surface area contributed by atoms with Crippen LogP contribution in [0.5, 0.6) is 0 Å². The Kier molecular flexibility index (Phi) is 6.86. The number of hydrogen-bond donors (Lipinski definition) is 1. The normalized spacial score (nSPS) is 13.8. The van der Waals surface area contributed by atoms with E-state index in [-0.39, 0.29) is 5.91 Å². The summed E-state index contributed by atoms with van der Waals surface area (Å²) >= 11 is 1.76. The summed E-state index contributed by atoms with van der Waals surface area (Å²) in [6.45, 7) is 7.17. The van der Waals surface area contributed by atoms with Gasteiger partial charge in [-0.05, 0) is 57.1 Å². The van der Waals surface area contributed by atoms with Crippen molar-refractivity contribution in [3.63, 3.8) is 0 Å². The quantitative estimate of drug-likeness (QED) is 0.686. The van der Waals surface area contributed by atoms with Gasteiger partial charge in [0.05, 0.1) is 5.56 Å². The molecule has 140 valence electrons. The Bertz CT molecular complexity index is 708. The first-order valence-electron chi connectivity index (χ1n) is 9.80. The van der Waals surface area contributed by atoms with Crippen LogP contribution in [-0.4, -0.2) is 29.9 Å². The highest BCUT2D eigenvalue weighted by Crippen LogP contribution is 2.30. The fourth-order valence-electron chi connectivity index (χ4n) is 3.60. The minimum absolute atomic E-state index is 0.114. The molecule has 1 aliphatic rings. The second-order valence-corrected chi connectivity index (χ2v) is 8.38. The summed E-state index contributed by atoms with van der Waals surface area (Å²) < 4.78 is 0. The van der Waals surface area contributed by atoms with Gasteiger partial charge in [-0.15, -0.1) is 11.3 Å². The molecule has 3 nitrogen and oxygen atoms in total. The van der Waals surface area contributed by atoms with E-state index >= 15 is 0 Å².